The Kier molecular flexibility index (Phi) is 3.44. The first-order valence-electron chi connectivity index (χ1n) is 6.61. The smallest absolute Gasteiger partial charge is 0.224 e. The quantitative estimate of drug-likeness (QED) is 0.859. The Morgan fingerprint density at radius 3 is 2.65 bits per heavy atom. The van der Waals surface area contributed by atoms with Crippen molar-refractivity contribution in [3.63, 3.8) is 0 Å². The van der Waals surface area contributed by atoms with Crippen molar-refractivity contribution in [2.45, 2.75) is 12.8 Å². The second-order valence-corrected chi connectivity index (χ2v) is 5.34. The average Bonchev–Trinajstić information content (AvgIpc) is 2.46. The van der Waals surface area contributed by atoms with E-state index in [0.717, 1.165) is 42.7 Å². The van der Waals surface area contributed by atoms with Gasteiger partial charge in [0.25, 0.3) is 0 Å². The summed E-state index contributed by atoms with van der Waals surface area (Å²) in [5.74, 6) is 0.591. The van der Waals surface area contributed by atoms with E-state index in [0.29, 0.717) is 0 Å². The predicted molar refractivity (Wildman–Crippen MR) is 78.7 cm³/mol. The van der Waals surface area contributed by atoms with Gasteiger partial charge >= 0.3 is 0 Å². The van der Waals surface area contributed by atoms with E-state index in [-0.39, 0.29) is 17.1 Å². The lowest BCUT2D eigenvalue weighted by molar-refractivity contribution is -0.122. The van der Waals surface area contributed by atoms with Crippen molar-refractivity contribution < 1.29 is 4.79 Å². The lowest BCUT2D eigenvalue weighted by atomic mass is 9.96. The van der Waals surface area contributed by atoms with Gasteiger partial charge < -0.3 is 10.6 Å². The number of nitrogens with zero attached hydrogens (tertiary/aromatic N) is 3. The second kappa shape index (κ2) is 5.25. The van der Waals surface area contributed by atoms with Crippen LogP contribution in [0.15, 0.2) is 24.3 Å². The van der Waals surface area contributed by atoms with Crippen LogP contribution in [-0.4, -0.2) is 29.0 Å². The third-order valence-electron chi connectivity index (χ3n) is 3.75. The van der Waals surface area contributed by atoms with Gasteiger partial charge in [-0.25, -0.2) is 4.98 Å². The Balaban J connectivity index is 1.93. The van der Waals surface area contributed by atoms with Crippen molar-refractivity contribution in [1.29, 1.82) is 0 Å². The number of para-hydroxylation sites is 1. The van der Waals surface area contributed by atoms with Crippen molar-refractivity contribution in [1.82, 2.24) is 9.97 Å². The third-order valence-corrected chi connectivity index (χ3v) is 3.92. The summed E-state index contributed by atoms with van der Waals surface area (Å²) >= 11 is 6.00. The number of hydrogen-bond donors (Lipinski definition) is 1. The SMILES string of the molecule is NC(=O)C1CCN(c2nc(Cl)nc3ccccc23)CC1. The highest BCUT2D eigenvalue weighted by atomic mass is 35.5. The van der Waals surface area contributed by atoms with Crippen molar-refractivity contribution in [2.24, 2.45) is 11.7 Å². The van der Waals surface area contributed by atoms with Gasteiger partial charge in [-0.15, -0.1) is 0 Å². The minimum absolute atomic E-state index is 0.0326. The molecule has 0 atom stereocenters. The summed E-state index contributed by atoms with van der Waals surface area (Å²) in [6, 6.07) is 7.79. The maximum absolute atomic E-state index is 11.2. The molecule has 1 aromatic heterocycles. The molecule has 0 unspecified atom stereocenters. The standard InChI is InChI=1S/C14H15ClN4O/c15-14-17-11-4-2-1-3-10(11)13(18-14)19-7-5-9(6-8-19)12(16)20/h1-4,9H,5-8H2,(H2,16,20). The van der Waals surface area contributed by atoms with Crippen LogP contribution >= 0.6 is 11.6 Å². The fourth-order valence-corrected chi connectivity index (χ4v) is 2.82. The monoisotopic (exact) mass is 290 g/mol. The molecule has 3 rings (SSSR count). The molecule has 6 heteroatoms. The molecular weight excluding hydrogens is 276 g/mol. The Labute approximate surface area is 121 Å². The highest BCUT2D eigenvalue weighted by Crippen LogP contribution is 2.28. The van der Waals surface area contributed by atoms with Gasteiger partial charge in [-0.3, -0.25) is 4.79 Å². The van der Waals surface area contributed by atoms with Crippen LogP contribution in [0, 0.1) is 5.92 Å². The molecule has 0 spiro atoms. The van der Waals surface area contributed by atoms with Crippen LogP contribution in [0.4, 0.5) is 5.82 Å². The fraction of sp³-hybridized carbons (Fsp3) is 0.357. The second-order valence-electron chi connectivity index (χ2n) is 5.00. The molecular formula is C14H15ClN4O. The zero-order valence-corrected chi connectivity index (χ0v) is 11.7. The number of rotatable bonds is 2. The largest absolute Gasteiger partial charge is 0.369 e. The van der Waals surface area contributed by atoms with E-state index in [1.54, 1.807) is 0 Å². The van der Waals surface area contributed by atoms with E-state index in [1.807, 2.05) is 24.3 Å². The Hall–Kier alpha value is -1.88. The molecule has 2 heterocycles. The summed E-state index contributed by atoms with van der Waals surface area (Å²) in [6.45, 7) is 1.51. The van der Waals surface area contributed by atoms with Crippen LogP contribution in [-0.2, 0) is 4.79 Å². The molecule has 1 aliphatic rings. The minimum Gasteiger partial charge on any atom is -0.369 e. The number of amides is 1. The summed E-state index contributed by atoms with van der Waals surface area (Å²) in [7, 11) is 0. The lowest BCUT2D eigenvalue weighted by Crippen LogP contribution is -2.39. The van der Waals surface area contributed by atoms with Gasteiger partial charge in [0.05, 0.1) is 5.52 Å². The Morgan fingerprint density at radius 1 is 1.25 bits per heavy atom. The van der Waals surface area contributed by atoms with Gasteiger partial charge in [0, 0.05) is 24.4 Å². The molecule has 0 aliphatic carbocycles. The number of carbonyl (C=O) groups excluding carboxylic acids is 1. The maximum atomic E-state index is 11.2. The molecule has 1 saturated heterocycles. The molecule has 1 aromatic carbocycles. The molecule has 0 saturated carbocycles. The first-order valence-corrected chi connectivity index (χ1v) is 6.99. The summed E-state index contributed by atoms with van der Waals surface area (Å²) < 4.78 is 0. The van der Waals surface area contributed by atoms with Gasteiger partial charge in [0.1, 0.15) is 5.82 Å². The van der Waals surface area contributed by atoms with E-state index in [2.05, 4.69) is 14.9 Å². The number of carbonyl (C=O) groups is 1. The third kappa shape index (κ3) is 2.41. The Bertz CT molecular complexity index is 653. The minimum atomic E-state index is -0.213. The zero-order valence-electron chi connectivity index (χ0n) is 10.9. The summed E-state index contributed by atoms with van der Waals surface area (Å²) in [5.41, 5.74) is 6.19. The van der Waals surface area contributed by atoms with Crippen LogP contribution in [0.3, 0.4) is 0 Å². The zero-order chi connectivity index (χ0) is 14.1. The molecule has 2 aromatic rings. The van der Waals surface area contributed by atoms with E-state index in [4.69, 9.17) is 17.3 Å². The maximum Gasteiger partial charge on any atom is 0.224 e. The number of hydrogen-bond acceptors (Lipinski definition) is 4. The molecule has 2 N–H and O–H groups in total. The predicted octanol–water partition coefficient (Wildman–Crippen LogP) is 1.98. The molecule has 1 fully saturated rings. The Morgan fingerprint density at radius 2 is 1.95 bits per heavy atom. The van der Waals surface area contributed by atoms with Gasteiger partial charge in [0.15, 0.2) is 0 Å². The molecule has 0 bridgehead atoms. The summed E-state index contributed by atoms with van der Waals surface area (Å²) in [5, 5.41) is 1.23. The van der Waals surface area contributed by atoms with E-state index in [9.17, 15) is 4.79 Å². The summed E-state index contributed by atoms with van der Waals surface area (Å²) in [4.78, 5) is 22.0. The number of piperidine rings is 1. The molecule has 5 nitrogen and oxygen atoms in total. The number of aromatic nitrogens is 2. The molecule has 20 heavy (non-hydrogen) atoms. The van der Waals surface area contributed by atoms with Crippen molar-refractivity contribution >= 4 is 34.2 Å². The van der Waals surface area contributed by atoms with Crippen molar-refractivity contribution in [3.05, 3.63) is 29.5 Å². The van der Waals surface area contributed by atoms with Crippen LogP contribution in [0.1, 0.15) is 12.8 Å². The summed E-state index contributed by atoms with van der Waals surface area (Å²) in [6.07, 6.45) is 1.51. The number of anilines is 1. The molecule has 0 radical (unpaired) electrons. The van der Waals surface area contributed by atoms with Crippen LogP contribution in [0.2, 0.25) is 5.28 Å². The number of nitrogens with two attached hydrogens (primary N) is 1. The van der Waals surface area contributed by atoms with Crippen LogP contribution < -0.4 is 10.6 Å². The average molecular weight is 291 g/mol. The highest BCUT2D eigenvalue weighted by molar-refractivity contribution is 6.28. The van der Waals surface area contributed by atoms with Gasteiger partial charge in [0.2, 0.25) is 11.2 Å². The molecule has 104 valence electrons. The van der Waals surface area contributed by atoms with E-state index >= 15 is 0 Å². The number of primary amides is 1. The first kappa shape index (κ1) is 13.1. The normalized spacial score (nSPS) is 16.6. The first-order chi connectivity index (χ1) is 9.65. The fourth-order valence-electron chi connectivity index (χ4n) is 2.65. The number of fused-ring (bicyclic) bond motifs is 1. The van der Waals surface area contributed by atoms with Crippen LogP contribution in [0.25, 0.3) is 10.9 Å². The number of halogens is 1. The number of benzene rings is 1. The van der Waals surface area contributed by atoms with Gasteiger partial charge in [-0.05, 0) is 36.6 Å². The van der Waals surface area contributed by atoms with E-state index in [1.165, 1.54) is 0 Å². The lowest BCUT2D eigenvalue weighted by Gasteiger charge is -2.32. The highest BCUT2D eigenvalue weighted by Gasteiger charge is 2.25. The van der Waals surface area contributed by atoms with Crippen molar-refractivity contribution in [3.8, 4) is 0 Å². The van der Waals surface area contributed by atoms with E-state index < -0.39 is 0 Å². The van der Waals surface area contributed by atoms with Gasteiger partial charge in [-0.2, -0.15) is 4.98 Å². The van der Waals surface area contributed by atoms with Crippen LogP contribution in [0.5, 0.6) is 0 Å². The molecule has 1 aliphatic heterocycles. The van der Waals surface area contributed by atoms with Crippen molar-refractivity contribution in [2.75, 3.05) is 18.0 Å². The molecule has 1 amide bonds. The van der Waals surface area contributed by atoms with Gasteiger partial charge in [-0.1, -0.05) is 12.1 Å². The topological polar surface area (TPSA) is 72.1 Å².